The van der Waals surface area contributed by atoms with Gasteiger partial charge in [-0.05, 0) is 87.4 Å². The summed E-state index contributed by atoms with van der Waals surface area (Å²) in [6.45, 7) is 9.49. The first kappa shape index (κ1) is 21.5. The van der Waals surface area contributed by atoms with Gasteiger partial charge in [-0.15, -0.1) is 0 Å². The van der Waals surface area contributed by atoms with Gasteiger partial charge in [-0.25, -0.2) is 0 Å². The smallest absolute Gasteiger partial charge is 0.136 e. The van der Waals surface area contributed by atoms with Crippen LogP contribution in [0.1, 0.15) is 51.7 Å². The second kappa shape index (κ2) is 7.48. The summed E-state index contributed by atoms with van der Waals surface area (Å²) < 4.78 is 6.49. The van der Waals surface area contributed by atoms with Gasteiger partial charge in [0.25, 0.3) is 0 Å². The molecule has 4 aromatic carbocycles. The van der Waals surface area contributed by atoms with Gasteiger partial charge >= 0.3 is 0 Å². The molecule has 1 nitrogen and oxygen atoms in total. The molecular weight excluding hydrogens is 436 g/mol. The molecule has 0 aliphatic heterocycles. The van der Waals surface area contributed by atoms with Gasteiger partial charge in [0, 0.05) is 15.8 Å². The third-order valence-electron chi connectivity index (χ3n) is 7.84. The van der Waals surface area contributed by atoms with Crippen LogP contribution in [0.15, 0.2) is 83.3 Å². The Morgan fingerprint density at radius 2 is 1.26 bits per heavy atom. The first-order valence-corrected chi connectivity index (χ1v) is 12.5. The van der Waals surface area contributed by atoms with E-state index in [0.717, 1.165) is 21.8 Å². The minimum Gasteiger partial charge on any atom is -0.456 e. The first-order chi connectivity index (χ1) is 16.2. The van der Waals surface area contributed by atoms with Crippen LogP contribution in [0.5, 0.6) is 0 Å². The highest BCUT2D eigenvalue weighted by Gasteiger charge is 2.37. The van der Waals surface area contributed by atoms with Crippen molar-refractivity contribution in [3.8, 4) is 22.3 Å². The van der Waals surface area contributed by atoms with Crippen molar-refractivity contribution in [1.29, 1.82) is 0 Å². The summed E-state index contributed by atoms with van der Waals surface area (Å²) in [5.74, 6) is 0. The van der Waals surface area contributed by atoms with Crippen molar-refractivity contribution in [2.75, 3.05) is 0 Å². The number of hydrogen-bond acceptors (Lipinski definition) is 1. The number of rotatable bonds is 2. The van der Waals surface area contributed by atoms with E-state index in [2.05, 4.69) is 94.4 Å². The molecule has 0 amide bonds. The zero-order valence-electron chi connectivity index (χ0n) is 20.2. The van der Waals surface area contributed by atoms with Gasteiger partial charge in [-0.3, -0.25) is 0 Å². The minimum atomic E-state index is 0.152. The summed E-state index contributed by atoms with van der Waals surface area (Å²) in [4.78, 5) is 0. The lowest BCUT2D eigenvalue weighted by Gasteiger charge is -2.41. The van der Waals surface area contributed by atoms with Crippen LogP contribution in [0.25, 0.3) is 44.2 Å². The molecule has 2 heteroatoms. The van der Waals surface area contributed by atoms with Gasteiger partial charge < -0.3 is 4.42 Å². The molecule has 0 saturated carbocycles. The van der Waals surface area contributed by atoms with E-state index in [9.17, 15) is 0 Å². The van der Waals surface area contributed by atoms with Crippen LogP contribution in [-0.2, 0) is 10.8 Å². The third-order valence-corrected chi connectivity index (χ3v) is 8.09. The van der Waals surface area contributed by atoms with Crippen molar-refractivity contribution >= 4 is 33.5 Å². The summed E-state index contributed by atoms with van der Waals surface area (Å²) in [5.41, 5.74) is 9.88. The van der Waals surface area contributed by atoms with Crippen molar-refractivity contribution in [2.45, 2.75) is 51.4 Å². The normalized spacial score (nSPS) is 16.6. The van der Waals surface area contributed by atoms with Gasteiger partial charge in [0.2, 0.25) is 0 Å². The lowest BCUT2D eigenvalue weighted by molar-refractivity contribution is 0.332. The third kappa shape index (κ3) is 3.29. The largest absolute Gasteiger partial charge is 0.456 e. The summed E-state index contributed by atoms with van der Waals surface area (Å²) in [6.07, 6.45) is 2.39. The summed E-state index contributed by atoms with van der Waals surface area (Å²) in [5, 5.41) is 3.15. The molecule has 1 aliphatic rings. The summed E-state index contributed by atoms with van der Waals surface area (Å²) in [6, 6.07) is 27.9. The van der Waals surface area contributed by atoms with Crippen molar-refractivity contribution in [1.82, 2.24) is 0 Å². The van der Waals surface area contributed by atoms with Gasteiger partial charge in [0.05, 0.1) is 0 Å². The Kier molecular flexibility index (Phi) is 4.73. The van der Waals surface area contributed by atoms with Crippen LogP contribution in [0.2, 0.25) is 5.02 Å². The van der Waals surface area contributed by atoms with Crippen LogP contribution in [-0.4, -0.2) is 0 Å². The highest BCUT2D eigenvalue weighted by molar-refractivity contribution is 6.30. The topological polar surface area (TPSA) is 13.1 Å². The van der Waals surface area contributed by atoms with E-state index in [1.54, 1.807) is 0 Å². The second-order valence-corrected chi connectivity index (χ2v) is 11.4. The number of hydrogen-bond donors (Lipinski definition) is 0. The molecule has 0 radical (unpaired) electrons. The molecule has 0 spiro atoms. The molecule has 0 saturated heterocycles. The Balaban J connectivity index is 1.65. The molecule has 0 fully saturated rings. The highest BCUT2D eigenvalue weighted by atomic mass is 35.5. The van der Waals surface area contributed by atoms with Gasteiger partial charge in [0.1, 0.15) is 11.2 Å². The molecule has 5 aromatic rings. The molecule has 34 heavy (non-hydrogen) atoms. The maximum Gasteiger partial charge on any atom is 0.136 e. The molecule has 1 heterocycles. The first-order valence-electron chi connectivity index (χ1n) is 12.1. The lowest BCUT2D eigenvalue weighted by atomic mass is 9.63. The Bertz CT molecular complexity index is 1550. The van der Waals surface area contributed by atoms with Crippen LogP contribution in [0.4, 0.5) is 0 Å². The number of fused-ring (bicyclic) bond motifs is 4. The average molecular weight is 465 g/mol. The SMILES string of the molecule is CC1(C)CCC(C)(C)c2cc3c(cc21)oc1cccc(-c2ccccc2-c2ccc(Cl)cc2)c13. The van der Waals surface area contributed by atoms with E-state index in [0.29, 0.717) is 0 Å². The van der Waals surface area contributed by atoms with E-state index in [1.165, 1.54) is 51.4 Å². The zero-order chi connectivity index (χ0) is 23.7. The fourth-order valence-corrected chi connectivity index (χ4v) is 5.84. The van der Waals surface area contributed by atoms with Crippen LogP contribution < -0.4 is 0 Å². The predicted octanol–water partition coefficient (Wildman–Crippen LogP) is 9.92. The maximum atomic E-state index is 6.49. The van der Waals surface area contributed by atoms with Crippen molar-refractivity contribution in [3.05, 3.63) is 95.0 Å². The Morgan fingerprint density at radius 1 is 0.647 bits per heavy atom. The van der Waals surface area contributed by atoms with E-state index in [1.807, 2.05) is 12.1 Å². The Hall–Kier alpha value is -3.03. The summed E-state index contributed by atoms with van der Waals surface area (Å²) >= 11 is 6.17. The highest BCUT2D eigenvalue weighted by Crippen LogP contribution is 2.49. The van der Waals surface area contributed by atoms with Crippen molar-refractivity contribution < 1.29 is 4.42 Å². The Labute approximate surface area is 206 Å². The fourth-order valence-electron chi connectivity index (χ4n) is 5.71. The predicted molar refractivity (Wildman–Crippen MR) is 145 cm³/mol. The minimum absolute atomic E-state index is 0.152. The van der Waals surface area contributed by atoms with Crippen LogP contribution in [0, 0.1) is 0 Å². The average Bonchev–Trinajstić information content (AvgIpc) is 3.20. The maximum absolute atomic E-state index is 6.49. The molecule has 0 bridgehead atoms. The monoisotopic (exact) mass is 464 g/mol. The quantitative estimate of drug-likeness (QED) is 0.253. The molecule has 6 rings (SSSR count). The molecular formula is C32H29ClO. The molecule has 170 valence electrons. The van der Waals surface area contributed by atoms with Gasteiger partial charge in [-0.1, -0.05) is 87.8 Å². The lowest BCUT2D eigenvalue weighted by Crippen LogP contribution is -2.33. The zero-order valence-corrected chi connectivity index (χ0v) is 21.0. The van der Waals surface area contributed by atoms with Crippen LogP contribution >= 0.6 is 11.6 Å². The Morgan fingerprint density at radius 3 is 1.97 bits per heavy atom. The van der Waals surface area contributed by atoms with Crippen molar-refractivity contribution in [2.24, 2.45) is 0 Å². The number of halogens is 1. The van der Waals surface area contributed by atoms with E-state index >= 15 is 0 Å². The molecule has 0 unspecified atom stereocenters. The second-order valence-electron chi connectivity index (χ2n) is 11.0. The molecule has 1 aromatic heterocycles. The molecule has 0 N–H and O–H groups in total. The molecule has 0 atom stereocenters. The standard InChI is InChI=1S/C32H29ClO/c1-31(2)16-17-32(3,4)27-19-29-25(18-26(27)31)30-24(10-7-11-28(30)34-29)23-9-6-5-8-22(23)20-12-14-21(33)15-13-20/h5-15,18-19H,16-17H2,1-4H3. The fraction of sp³-hybridized carbons (Fsp3) is 0.250. The van der Waals surface area contributed by atoms with Gasteiger partial charge in [-0.2, -0.15) is 0 Å². The summed E-state index contributed by atoms with van der Waals surface area (Å²) in [7, 11) is 0. The van der Waals surface area contributed by atoms with E-state index < -0.39 is 0 Å². The van der Waals surface area contributed by atoms with Crippen LogP contribution in [0.3, 0.4) is 0 Å². The van der Waals surface area contributed by atoms with E-state index in [-0.39, 0.29) is 10.8 Å². The van der Waals surface area contributed by atoms with Crippen molar-refractivity contribution in [3.63, 3.8) is 0 Å². The number of benzene rings is 4. The van der Waals surface area contributed by atoms with E-state index in [4.69, 9.17) is 16.0 Å². The van der Waals surface area contributed by atoms with Gasteiger partial charge in [0.15, 0.2) is 0 Å². The number of furan rings is 1. The molecule has 1 aliphatic carbocycles.